The van der Waals surface area contributed by atoms with Crippen LogP contribution in [0.15, 0.2) is 21.2 Å². The third-order valence-corrected chi connectivity index (χ3v) is 3.14. The molecule has 1 atom stereocenters. The standard InChI is InChI=1S/C9H10BrNO3/c10-6-2-1-5(14-6)9(3-4-9)7(11)8(12)13/h1-2,7H,3-4,11H2,(H,12,13). The van der Waals surface area contributed by atoms with Crippen molar-refractivity contribution >= 4 is 21.9 Å². The molecule has 76 valence electrons. The van der Waals surface area contributed by atoms with Crippen LogP contribution >= 0.6 is 15.9 Å². The molecule has 1 aliphatic carbocycles. The van der Waals surface area contributed by atoms with Gasteiger partial charge < -0.3 is 15.3 Å². The van der Waals surface area contributed by atoms with Gasteiger partial charge in [0.15, 0.2) is 4.67 Å². The van der Waals surface area contributed by atoms with Gasteiger partial charge in [0.05, 0.1) is 5.41 Å². The van der Waals surface area contributed by atoms with Crippen LogP contribution in [0, 0.1) is 0 Å². The van der Waals surface area contributed by atoms with Crippen molar-refractivity contribution in [3.8, 4) is 0 Å². The highest BCUT2D eigenvalue weighted by Gasteiger charge is 2.54. The number of carbonyl (C=O) groups is 1. The first-order valence-corrected chi connectivity index (χ1v) is 5.10. The number of hydrogen-bond acceptors (Lipinski definition) is 3. The Morgan fingerprint density at radius 1 is 1.64 bits per heavy atom. The molecule has 0 radical (unpaired) electrons. The van der Waals surface area contributed by atoms with E-state index in [1.165, 1.54) is 0 Å². The van der Waals surface area contributed by atoms with Crippen LogP contribution in [-0.2, 0) is 10.2 Å². The molecule has 4 nitrogen and oxygen atoms in total. The topological polar surface area (TPSA) is 76.5 Å². The Kier molecular flexibility index (Phi) is 2.16. The van der Waals surface area contributed by atoms with Gasteiger partial charge in [-0.1, -0.05) is 0 Å². The summed E-state index contributed by atoms with van der Waals surface area (Å²) in [5, 5.41) is 8.85. The first kappa shape index (κ1) is 9.73. The van der Waals surface area contributed by atoms with Crippen LogP contribution in [0.3, 0.4) is 0 Å². The Morgan fingerprint density at radius 3 is 2.64 bits per heavy atom. The van der Waals surface area contributed by atoms with Crippen molar-refractivity contribution in [2.24, 2.45) is 5.73 Å². The van der Waals surface area contributed by atoms with Crippen molar-refractivity contribution in [2.75, 3.05) is 0 Å². The quantitative estimate of drug-likeness (QED) is 0.863. The molecule has 1 heterocycles. The van der Waals surface area contributed by atoms with Gasteiger partial charge in [0, 0.05) is 0 Å². The molecule has 0 bridgehead atoms. The second-order valence-corrected chi connectivity index (χ2v) is 4.36. The highest BCUT2D eigenvalue weighted by Crippen LogP contribution is 2.51. The Balaban J connectivity index is 2.29. The van der Waals surface area contributed by atoms with E-state index >= 15 is 0 Å². The Bertz CT molecular complexity index is 370. The maximum atomic E-state index is 10.8. The molecular weight excluding hydrogens is 250 g/mol. The minimum absolute atomic E-state index is 0.474. The average Bonchev–Trinajstić information content (AvgIpc) is 2.83. The zero-order chi connectivity index (χ0) is 10.3. The van der Waals surface area contributed by atoms with Gasteiger partial charge in [-0.05, 0) is 40.9 Å². The third-order valence-electron chi connectivity index (χ3n) is 2.71. The van der Waals surface area contributed by atoms with Crippen molar-refractivity contribution in [1.29, 1.82) is 0 Å². The van der Waals surface area contributed by atoms with Gasteiger partial charge in [-0.25, -0.2) is 0 Å². The SMILES string of the molecule is NC(C(=O)O)C1(c2ccc(Br)o2)CC1. The van der Waals surface area contributed by atoms with Crippen LogP contribution in [0.4, 0.5) is 0 Å². The molecule has 1 aromatic rings. The Labute approximate surface area is 89.2 Å². The van der Waals surface area contributed by atoms with Gasteiger partial charge in [-0.3, -0.25) is 4.79 Å². The van der Waals surface area contributed by atoms with E-state index < -0.39 is 17.4 Å². The van der Waals surface area contributed by atoms with Crippen molar-refractivity contribution < 1.29 is 14.3 Å². The van der Waals surface area contributed by atoms with Gasteiger partial charge in [0.25, 0.3) is 0 Å². The maximum Gasteiger partial charge on any atom is 0.321 e. The number of aliphatic carboxylic acids is 1. The second-order valence-electron chi connectivity index (χ2n) is 3.58. The first-order valence-electron chi connectivity index (χ1n) is 4.30. The maximum absolute atomic E-state index is 10.8. The first-order chi connectivity index (χ1) is 6.56. The normalized spacial score (nSPS) is 20.4. The van der Waals surface area contributed by atoms with Crippen LogP contribution < -0.4 is 5.73 Å². The number of rotatable bonds is 3. The monoisotopic (exact) mass is 259 g/mol. The van der Waals surface area contributed by atoms with Crippen molar-refractivity contribution in [3.63, 3.8) is 0 Å². The number of hydrogen-bond donors (Lipinski definition) is 2. The minimum atomic E-state index is -0.977. The van der Waals surface area contributed by atoms with Gasteiger partial charge >= 0.3 is 5.97 Å². The van der Waals surface area contributed by atoms with Crippen molar-refractivity contribution in [3.05, 3.63) is 22.6 Å². The molecule has 1 saturated carbocycles. The van der Waals surface area contributed by atoms with E-state index in [2.05, 4.69) is 15.9 Å². The van der Waals surface area contributed by atoms with Crippen molar-refractivity contribution in [1.82, 2.24) is 0 Å². The zero-order valence-electron chi connectivity index (χ0n) is 7.37. The summed E-state index contributed by atoms with van der Waals surface area (Å²) in [7, 11) is 0. The van der Waals surface area contributed by atoms with Gasteiger partial charge in [-0.2, -0.15) is 0 Å². The molecule has 1 aromatic heterocycles. The number of furan rings is 1. The summed E-state index contributed by atoms with van der Waals surface area (Å²) < 4.78 is 5.96. The molecule has 1 fully saturated rings. The molecule has 0 saturated heterocycles. The van der Waals surface area contributed by atoms with E-state index in [1.54, 1.807) is 12.1 Å². The predicted octanol–water partition coefficient (Wildman–Crippen LogP) is 1.49. The lowest BCUT2D eigenvalue weighted by atomic mass is 9.94. The Hall–Kier alpha value is -0.810. The fourth-order valence-corrected chi connectivity index (χ4v) is 1.97. The Morgan fingerprint density at radius 2 is 2.29 bits per heavy atom. The molecule has 2 rings (SSSR count). The van der Waals surface area contributed by atoms with Crippen LogP contribution in [0.25, 0.3) is 0 Å². The number of carboxylic acids is 1. The fourth-order valence-electron chi connectivity index (χ4n) is 1.66. The molecule has 0 spiro atoms. The predicted molar refractivity (Wildman–Crippen MR) is 52.9 cm³/mol. The smallest absolute Gasteiger partial charge is 0.321 e. The van der Waals surface area contributed by atoms with E-state index in [1.807, 2.05) is 0 Å². The van der Waals surface area contributed by atoms with Gasteiger partial charge in [0.1, 0.15) is 11.8 Å². The molecule has 0 amide bonds. The molecule has 0 aromatic carbocycles. The van der Waals surface area contributed by atoms with E-state index in [0.29, 0.717) is 10.4 Å². The van der Waals surface area contributed by atoms with Gasteiger partial charge in [-0.15, -0.1) is 0 Å². The molecule has 1 unspecified atom stereocenters. The highest BCUT2D eigenvalue weighted by molar-refractivity contribution is 9.10. The van der Waals surface area contributed by atoms with Crippen molar-refractivity contribution in [2.45, 2.75) is 24.3 Å². The van der Waals surface area contributed by atoms with Gasteiger partial charge in [0.2, 0.25) is 0 Å². The van der Waals surface area contributed by atoms with E-state index in [-0.39, 0.29) is 0 Å². The largest absolute Gasteiger partial charge is 0.480 e. The van der Waals surface area contributed by atoms with E-state index in [4.69, 9.17) is 15.3 Å². The van der Waals surface area contributed by atoms with E-state index in [9.17, 15) is 4.79 Å². The number of nitrogens with two attached hydrogens (primary N) is 1. The lowest BCUT2D eigenvalue weighted by molar-refractivity contribution is -0.139. The third kappa shape index (κ3) is 1.36. The highest BCUT2D eigenvalue weighted by atomic mass is 79.9. The molecule has 1 aliphatic rings. The summed E-state index contributed by atoms with van der Waals surface area (Å²) >= 11 is 3.18. The summed E-state index contributed by atoms with van der Waals surface area (Å²) in [5.74, 6) is -0.311. The average molecular weight is 260 g/mol. The van der Waals surface area contributed by atoms with E-state index in [0.717, 1.165) is 12.8 Å². The van der Waals surface area contributed by atoms with Crippen LogP contribution in [0.2, 0.25) is 0 Å². The molecule has 14 heavy (non-hydrogen) atoms. The molecular formula is C9H10BrNO3. The second kappa shape index (κ2) is 3.10. The number of halogens is 1. The molecule has 5 heteroatoms. The lowest BCUT2D eigenvalue weighted by Crippen LogP contribution is -2.41. The summed E-state index contributed by atoms with van der Waals surface area (Å²) in [5.41, 5.74) is 5.15. The molecule has 3 N–H and O–H groups in total. The fraction of sp³-hybridized carbons (Fsp3) is 0.444. The van der Waals surface area contributed by atoms with Crippen LogP contribution in [0.1, 0.15) is 18.6 Å². The van der Waals surface area contributed by atoms with Crippen LogP contribution in [-0.4, -0.2) is 17.1 Å². The minimum Gasteiger partial charge on any atom is -0.480 e. The summed E-state index contributed by atoms with van der Waals surface area (Å²) in [4.78, 5) is 10.8. The zero-order valence-corrected chi connectivity index (χ0v) is 8.95. The van der Waals surface area contributed by atoms with Crippen LogP contribution in [0.5, 0.6) is 0 Å². The summed E-state index contributed by atoms with van der Waals surface area (Å²) in [6.07, 6.45) is 1.56. The summed E-state index contributed by atoms with van der Waals surface area (Å²) in [6.45, 7) is 0. The number of carboxylic acid groups (broad SMARTS) is 1. The molecule has 0 aliphatic heterocycles. The lowest BCUT2D eigenvalue weighted by Gasteiger charge is -2.16. The summed E-state index contributed by atoms with van der Waals surface area (Å²) in [6, 6.07) is 2.66.